The predicted molar refractivity (Wildman–Crippen MR) is 130 cm³/mol. The molecule has 3 heterocycles. The predicted octanol–water partition coefficient (Wildman–Crippen LogP) is 2.27. The topological polar surface area (TPSA) is 118 Å². The molecule has 0 fully saturated rings. The van der Waals surface area contributed by atoms with Gasteiger partial charge in [0, 0.05) is 18.3 Å². The molecular formula is C24H23ClN4O6. The van der Waals surface area contributed by atoms with Crippen molar-refractivity contribution in [3.8, 4) is 28.8 Å². The summed E-state index contributed by atoms with van der Waals surface area (Å²) in [5.41, 5.74) is 0.557. The van der Waals surface area contributed by atoms with Crippen LogP contribution in [0, 0.1) is 0 Å². The van der Waals surface area contributed by atoms with E-state index in [0.717, 1.165) is 28.7 Å². The maximum Gasteiger partial charge on any atom is 0.335 e. The number of aliphatic imine (C=N–C) groups is 1. The van der Waals surface area contributed by atoms with Gasteiger partial charge in [-0.15, -0.1) is 0 Å². The van der Waals surface area contributed by atoms with Crippen LogP contribution in [0.25, 0.3) is 5.69 Å². The van der Waals surface area contributed by atoms with Gasteiger partial charge in [0.25, 0.3) is 5.56 Å². The van der Waals surface area contributed by atoms with Gasteiger partial charge < -0.3 is 19.3 Å². The average molecular weight is 499 g/mol. The second-order valence-corrected chi connectivity index (χ2v) is 8.65. The first-order valence-electron chi connectivity index (χ1n) is 10.9. The number of aromatic nitrogens is 2. The number of para-hydroxylation sites is 1. The Morgan fingerprint density at radius 3 is 2.89 bits per heavy atom. The highest BCUT2D eigenvalue weighted by Gasteiger charge is 2.33. The van der Waals surface area contributed by atoms with Crippen LogP contribution in [0.2, 0.25) is 5.02 Å². The molecule has 10 nitrogen and oxygen atoms in total. The maximum atomic E-state index is 12.5. The summed E-state index contributed by atoms with van der Waals surface area (Å²) in [5, 5.41) is 11.0. The van der Waals surface area contributed by atoms with Crippen LogP contribution in [-0.2, 0) is 6.42 Å². The first kappa shape index (κ1) is 23.0. The van der Waals surface area contributed by atoms with Crippen molar-refractivity contribution in [2.24, 2.45) is 4.99 Å². The van der Waals surface area contributed by atoms with Crippen LogP contribution in [0.1, 0.15) is 22.7 Å². The third-order valence-electron chi connectivity index (χ3n) is 6.26. The van der Waals surface area contributed by atoms with Crippen molar-refractivity contribution in [1.29, 1.82) is 0 Å². The number of hydrogen-bond donors (Lipinski definition) is 2. The zero-order valence-corrected chi connectivity index (χ0v) is 19.8. The molecule has 0 spiro atoms. The molecule has 35 heavy (non-hydrogen) atoms. The lowest BCUT2D eigenvalue weighted by Crippen LogP contribution is -2.34. The molecule has 0 saturated carbocycles. The molecule has 0 bridgehead atoms. The number of nitrogens with one attached hydrogen (secondary N) is 1. The number of fused-ring (bicyclic) bond motifs is 2. The maximum absolute atomic E-state index is 12.5. The molecule has 2 aliphatic rings. The van der Waals surface area contributed by atoms with E-state index in [9.17, 15) is 14.7 Å². The molecule has 1 aromatic heterocycles. The highest BCUT2D eigenvalue weighted by atomic mass is 35.5. The van der Waals surface area contributed by atoms with Crippen LogP contribution in [0.15, 0.2) is 44.9 Å². The van der Waals surface area contributed by atoms with Crippen molar-refractivity contribution in [3.05, 3.63) is 72.9 Å². The zero-order valence-electron chi connectivity index (χ0n) is 19.1. The Bertz CT molecular complexity index is 1450. The third-order valence-corrected chi connectivity index (χ3v) is 6.58. The molecule has 5 rings (SSSR count). The molecule has 0 aliphatic carbocycles. The second kappa shape index (κ2) is 9.12. The molecule has 2 N–H and O–H groups in total. The Balaban J connectivity index is 1.52. The molecular weight excluding hydrogens is 476 g/mol. The summed E-state index contributed by atoms with van der Waals surface area (Å²) in [7, 11) is 3.57. The van der Waals surface area contributed by atoms with Crippen LogP contribution >= 0.6 is 11.6 Å². The lowest BCUT2D eigenvalue weighted by molar-refractivity contribution is 0.170. The molecule has 0 amide bonds. The van der Waals surface area contributed by atoms with Gasteiger partial charge in [0.1, 0.15) is 5.56 Å². The minimum absolute atomic E-state index is 0.135. The van der Waals surface area contributed by atoms with Gasteiger partial charge in [0.15, 0.2) is 11.5 Å². The first-order valence-corrected chi connectivity index (χ1v) is 11.3. The molecule has 182 valence electrons. The van der Waals surface area contributed by atoms with Gasteiger partial charge >= 0.3 is 5.69 Å². The van der Waals surface area contributed by atoms with Crippen molar-refractivity contribution in [2.75, 3.05) is 34.0 Å². The largest absolute Gasteiger partial charge is 0.493 e. The number of ether oxygens (including phenoxy) is 3. The fourth-order valence-corrected chi connectivity index (χ4v) is 4.73. The highest BCUT2D eigenvalue weighted by molar-refractivity contribution is 6.32. The minimum atomic E-state index is -0.806. The van der Waals surface area contributed by atoms with Crippen LogP contribution in [0.3, 0.4) is 0 Å². The fourth-order valence-electron chi connectivity index (χ4n) is 4.51. The number of likely N-dealkylation sites (N-methyl/N-ethyl adjacent to an activating group) is 1. The Hall–Kier alpha value is -3.76. The standard InChI is InChI=1S/C24H23ClN4O6/c1-28-8-7-13-9-18-20(35-12-34-18)21(33-2)19(13)17(28)11-26-10-14-22(30)27-24(32)29(23(14)31)16-6-4-3-5-15(16)25/h3-6,9-10,17,31H,7-8,11-12H2,1-2H3,(H,27,30,32). The van der Waals surface area contributed by atoms with Gasteiger partial charge in [-0.1, -0.05) is 23.7 Å². The van der Waals surface area contributed by atoms with Crippen molar-refractivity contribution in [3.63, 3.8) is 0 Å². The van der Waals surface area contributed by atoms with E-state index >= 15 is 0 Å². The van der Waals surface area contributed by atoms with Gasteiger partial charge in [-0.25, -0.2) is 9.36 Å². The van der Waals surface area contributed by atoms with Crippen molar-refractivity contribution >= 4 is 17.8 Å². The molecule has 2 aromatic carbocycles. The van der Waals surface area contributed by atoms with E-state index < -0.39 is 17.1 Å². The Kier molecular flexibility index (Phi) is 6.00. The second-order valence-electron chi connectivity index (χ2n) is 8.24. The van der Waals surface area contributed by atoms with Crippen LogP contribution < -0.4 is 25.5 Å². The van der Waals surface area contributed by atoms with Gasteiger partial charge in [-0.2, -0.15) is 0 Å². The van der Waals surface area contributed by atoms with Crippen LogP contribution in [0.5, 0.6) is 23.1 Å². The number of rotatable bonds is 5. The van der Waals surface area contributed by atoms with E-state index in [1.165, 1.54) is 6.21 Å². The van der Waals surface area contributed by atoms with Crippen LogP contribution in [0.4, 0.5) is 0 Å². The monoisotopic (exact) mass is 498 g/mol. The van der Waals surface area contributed by atoms with Gasteiger partial charge in [0.2, 0.25) is 18.4 Å². The van der Waals surface area contributed by atoms with Crippen molar-refractivity contribution in [1.82, 2.24) is 14.5 Å². The Morgan fingerprint density at radius 2 is 2.11 bits per heavy atom. The summed E-state index contributed by atoms with van der Waals surface area (Å²) in [6, 6.07) is 8.31. The van der Waals surface area contributed by atoms with Crippen molar-refractivity contribution < 1.29 is 19.3 Å². The smallest absolute Gasteiger partial charge is 0.335 e. The summed E-state index contributed by atoms with van der Waals surface area (Å²) in [6.07, 6.45) is 2.07. The fraction of sp³-hybridized carbons (Fsp3) is 0.292. The zero-order chi connectivity index (χ0) is 24.7. The number of benzene rings is 2. The quantitative estimate of drug-likeness (QED) is 0.518. The van der Waals surface area contributed by atoms with E-state index in [2.05, 4.69) is 14.9 Å². The Morgan fingerprint density at radius 1 is 1.31 bits per heavy atom. The number of halogens is 1. The first-order chi connectivity index (χ1) is 16.9. The number of H-pyrrole nitrogens is 1. The molecule has 0 radical (unpaired) electrons. The van der Waals surface area contributed by atoms with E-state index in [1.807, 2.05) is 13.1 Å². The molecule has 1 unspecified atom stereocenters. The number of nitrogens with zero attached hydrogens (tertiary/aromatic N) is 3. The summed E-state index contributed by atoms with van der Waals surface area (Å²) in [6.45, 7) is 1.19. The average Bonchev–Trinajstić information content (AvgIpc) is 3.30. The van der Waals surface area contributed by atoms with Gasteiger partial charge in [-0.05, 0) is 37.2 Å². The lowest BCUT2D eigenvalue weighted by atomic mass is 9.91. The molecule has 0 saturated heterocycles. The SMILES string of the molecule is COc1c2c(cc3c1C(CN=Cc1c(O)n(-c4ccccc4Cl)c(=O)[nH]c1=O)N(C)CC3)OCO2. The molecule has 2 aliphatic heterocycles. The summed E-state index contributed by atoms with van der Waals surface area (Å²) in [5.74, 6) is 1.28. The summed E-state index contributed by atoms with van der Waals surface area (Å²) in [4.78, 5) is 33.7. The lowest BCUT2D eigenvalue weighted by Gasteiger charge is -2.35. The minimum Gasteiger partial charge on any atom is -0.493 e. The number of hydrogen-bond acceptors (Lipinski definition) is 8. The highest BCUT2D eigenvalue weighted by Crippen LogP contribution is 2.49. The number of aromatic amines is 1. The van der Waals surface area contributed by atoms with Gasteiger partial charge in [-0.3, -0.25) is 19.7 Å². The van der Waals surface area contributed by atoms with Crippen LogP contribution in [-0.4, -0.2) is 59.8 Å². The summed E-state index contributed by atoms with van der Waals surface area (Å²) < 4.78 is 17.8. The van der Waals surface area contributed by atoms with Gasteiger partial charge in [0.05, 0.1) is 30.4 Å². The molecule has 11 heteroatoms. The van der Waals surface area contributed by atoms with E-state index in [0.29, 0.717) is 17.2 Å². The molecule has 3 aromatic rings. The number of methoxy groups -OCH3 is 1. The third kappa shape index (κ3) is 3.94. The summed E-state index contributed by atoms with van der Waals surface area (Å²) >= 11 is 6.20. The normalized spacial score (nSPS) is 17.1. The number of aromatic hydroxyl groups is 1. The van der Waals surface area contributed by atoms with E-state index in [4.69, 9.17) is 25.8 Å². The molecule has 1 atom stereocenters. The Labute approximate surface area is 205 Å². The van der Waals surface area contributed by atoms with E-state index in [1.54, 1.807) is 31.4 Å². The van der Waals surface area contributed by atoms with Crippen molar-refractivity contribution in [2.45, 2.75) is 12.5 Å². The van der Waals surface area contributed by atoms with E-state index in [-0.39, 0.29) is 35.7 Å².